The van der Waals surface area contributed by atoms with E-state index in [1.54, 1.807) is 0 Å². The maximum absolute atomic E-state index is 4.70. The van der Waals surface area contributed by atoms with Gasteiger partial charge >= 0.3 is 0 Å². The van der Waals surface area contributed by atoms with Crippen molar-refractivity contribution in [1.82, 2.24) is 9.97 Å². The Morgan fingerprint density at radius 3 is 2.56 bits per heavy atom. The summed E-state index contributed by atoms with van der Waals surface area (Å²) in [5.74, 6) is 1.03. The van der Waals surface area contributed by atoms with Crippen molar-refractivity contribution >= 4 is 0 Å². The Morgan fingerprint density at radius 2 is 1.81 bits per heavy atom. The molecule has 16 heavy (non-hydrogen) atoms. The molecule has 0 saturated carbocycles. The van der Waals surface area contributed by atoms with Crippen molar-refractivity contribution < 1.29 is 0 Å². The minimum absolute atomic E-state index is 1.03. The number of aromatic nitrogens is 2. The molecule has 1 aliphatic rings. The van der Waals surface area contributed by atoms with Gasteiger partial charge in [-0.2, -0.15) is 0 Å². The van der Waals surface area contributed by atoms with Crippen LogP contribution in [-0.4, -0.2) is 9.97 Å². The Labute approximate surface area is 95.7 Å². The second kappa shape index (κ2) is 3.78. The van der Waals surface area contributed by atoms with Crippen LogP contribution in [0, 0.1) is 6.92 Å². The molecule has 0 amide bonds. The molecular weight excluding hydrogens is 196 g/mol. The van der Waals surface area contributed by atoms with Gasteiger partial charge in [0.05, 0.1) is 5.69 Å². The topological polar surface area (TPSA) is 28.7 Å². The van der Waals surface area contributed by atoms with Crippen LogP contribution >= 0.6 is 0 Å². The molecule has 1 aromatic carbocycles. The summed E-state index contributed by atoms with van der Waals surface area (Å²) < 4.78 is 0. The van der Waals surface area contributed by atoms with Crippen LogP contribution in [0.2, 0.25) is 0 Å². The maximum Gasteiger partial charge on any atom is 0.137 e. The van der Waals surface area contributed by atoms with Crippen LogP contribution in [0.1, 0.15) is 29.8 Å². The minimum Gasteiger partial charge on any atom is -0.342 e. The van der Waals surface area contributed by atoms with Gasteiger partial charge in [-0.3, -0.25) is 0 Å². The number of hydrogen-bond donors (Lipinski definition) is 1. The van der Waals surface area contributed by atoms with E-state index < -0.39 is 0 Å². The average Bonchev–Trinajstić information content (AvgIpc) is 2.73. The number of hydrogen-bond acceptors (Lipinski definition) is 1. The van der Waals surface area contributed by atoms with Crippen molar-refractivity contribution in [2.24, 2.45) is 0 Å². The van der Waals surface area contributed by atoms with Gasteiger partial charge in [-0.15, -0.1) is 0 Å². The van der Waals surface area contributed by atoms with Gasteiger partial charge in [-0.05, 0) is 32.6 Å². The Bertz CT molecular complexity index is 470. The lowest BCUT2D eigenvalue weighted by Gasteiger charge is -2.07. The molecule has 2 aromatic rings. The van der Waals surface area contributed by atoms with Gasteiger partial charge in [0.15, 0.2) is 0 Å². The third-order valence-corrected chi connectivity index (χ3v) is 3.28. The van der Waals surface area contributed by atoms with Crippen molar-refractivity contribution in [3.05, 3.63) is 41.2 Å². The van der Waals surface area contributed by atoms with Crippen LogP contribution in [0.15, 0.2) is 24.3 Å². The summed E-state index contributed by atoms with van der Waals surface area (Å²) in [6.45, 7) is 2.11. The molecule has 0 saturated heterocycles. The predicted octanol–water partition coefficient (Wildman–Crippen LogP) is 3.26. The zero-order valence-corrected chi connectivity index (χ0v) is 9.59. The summed E-state index contributed by atoms with van der Waals surface area (Å²) in [6, 6.07) is 8.55. The fourth-order valence-electron chi connectivity index (χ4n) is 2.30. The highest BCUT2D eigenvalue weighted by atomic mass is 14.9. The zero-order valence-electron chi connectivity index (χ0n) is 9.59. The van der Waals surface area contributed by atoms with E-state index in [2.05, 4.69) is 36.2 Å². The highest BCUT2D eigenvalue weighted by molar-refractivity contribution is 5.56. The lowest BCUT2D eigenvalue weighted by atomic mass is 10.0. The van der Waals surface area contributed by atoms with E-state index in [9.17, 15) is 0 Å². The highest BCUT2D eigenvalue weighted by Crippen LogP contribution is 2.24. The summed E-state index contributed by atoms with van der Waals surface area (Å²) in [7, 11) is 0. The van der Waals surface area contributed by atoms with Crippen LogP contribution in [0.5, 0.6) is 0 Å². The van der Waals surface area contributed by atoms with E-state index in [4.69, 9.17) is 4.98 Å². The second-order valence-electron chi connectivity index (χ2n) is 4.58. The van der Waals surface area contributed by atoms with E-state index in [1.165, 1.54) is 35.4 Å². The molecule has 0 unspecified atom stereocenters. The van der Waals surface area contributed by atoms with Crippen molar-refractivity contribution in [2.75, 3.05) is 0 Å². The number of nitrogens with zero attached hydrogens (tertiary/aromatic N) is 1. The van der Waals surface area contributed by atoms with E-state index in [-0.39, 0.29) is 0 Å². The van der Waals surface area contributed by atoms with Crippen LogP contribution in [0.4, 0.5) is 0 Å². The molecule has 0 atom stereocenters. The smallest absolute Gasteiger partial charge is 0.137 e. The summed E-state index contributed by atoms with van der Waals surface area (Å²) in [6.07, 6.45) is 4.87. The standard InChI is InChI=1S/C14H16N2/c1-10-6-8-11(9-7-10)14-15-12-4-2-3-5-13(12)16-14/h6-9H,2-5H2,1H3,(H,15,16). The molecule has 1 aliphatic carbocycles. The Morgan fingerprint density at radius 1 is 1.06 bits per heavy atom. The molecule has 82 valence electrons. The van der Waals surface area contributed by atoms with Gasteiger partial charge < -0.3 is 4.98 Å². The molecule has 0 bridgehead atoms. The minimum atomic E-state index is 1.03. The number of benzene rings is 1. The molecule has 1 heterocycles. The quantitative estimate of drug-likeness (QED) is 0.772. The number of rotatable bonds is 1. The second-order valence-corrected chi connectivity index (χ2v) is 4.58. The SMILES string of the molecule is Cc1ccc(-c2nc3c([nH]2)CCCC3)cc1. The van der Waals surface area contributed by atoms with E-state index in [0.717, 1.165) is 18.7 Å². The van der Waals surface area contributed by atoms with Gasteiger partial charge in [0.25, 0.3) is 0 Å². The molecule has 0 fully saturated rings. The number of H-pyrrole nitrogens is 1. The molecular formula is C14H16N2. The Balaban J connectivity index is 2.00. The van der Waals surface area contributed by atoms with Crippen LogP contribution in [0.25, 0.3) is 11.4 Å². The molecule has 2 heteroatoms. The first-order chi connectivity index (χ1) is 7.83. The van der Waals surface area contributed by atoms with Crippen molar-refractivity contribution in [3.63, 3.8) is 0 Å². The Hall–Kier alpha value is -1.57. The van der Waals surface area contributed by atoms with Crippen molar-refractivity contribution in [1.29, 1.82) is 0 Å². The van der Waals surface area contributed by atoms with Crippen LogP contribution in [-0.2, 0) is 12.8 Å². The predicted molar refractivity (Wildman–Crippen MR) is 65.4 cm³/mol. The first-order valence-corrected chi connectivity index (χ1v) is 5.98. The number of nitrogens with one attached hydrogen (secondary N) is 1. The first kappa shape index (κ1) is 9.64. The van der Waals surface area contributed by atoms with E-state index in [1.807, 2.05) is 0 Å². The summed E-state index contributed by atoms with van der Waals surface area (Å²) in [5, 5.41) is 0. The van der Waals surface area contributed by atoms with Gasteiger partial charge in [0.1, 0.15) is 5.82 Å². The fraction of sp³-hybridized carbons (Fsp3) is 0.357. The molecule has 1 aromatic heterocycles. The van der Waals surface area contributed by atoms with Crippen molar-refractivity contribution in [2.45, 2.75) is 32.6 Å². The van der Waals surface area contributed by atoms with Gasteiger partial charge in [0.2, 0.25) is 0 Å². The maximum atomic E-state index is 4.70. The molecule has 3 rings (SSSR count). The first-order valence-electron chi connectivity index (χ1n) is 5.98. The summed E-state index contributed by atoms with van der Waals surface area (Å²) in [4.78, 5) is 8.15. The summed E-state index contributed by atoms with van der Waals surface area (Å²) >= 11 is 0. The van der Waals surface area contributed by atoms with E-state index in [0.29, 0.717) is 0 Å². The zero-order chi connectivity index (χ0) is 11.0. The monoisotopic (exact) mass is 212 g/mol. The molecule has 2 nitrogen and oxygen atoms in total. The van der Waals surface area contributed by atoms with Gasteiger partial charge in [-0.1, -0.05) is 29.8 Å². The Kier molecular flexibility index (Phi) is 2.28. The molecule has 0 spiro atoms. The van der Waals surface area contributed by atoms with Gasteiger partial charge in [0, 0.05) is 11.3 Å². The lowest BCUT2D eigenvalue weighted by molar-refractivity contribution is 0.667. The van der Waals surface area contributed by atoms with E-state index >= 15 is 0 Å². The third-order valence-electron chi connectivity index (χ3n) is 3.28. The summed E-state index contributed by atoms with van der Waals surface area (Å²) in [5.41, 5.74) is 5.11. The van der Waals surface area contributed by atoms with Crippen molar-refractivity contribution in [3.8, 4) is 11.4 Å². The highest BCUT2D eigenvalue weighted by Gasteiger charge is 2.14. The molecule has 0 radical (unpaired) electrons. The molecule has 1 N–H and O–H groups in total. The van der Waals surface area contributed by atoms with Gasteiger partial charge in [-0.25, -0.2) is 4.98 Å². The number of imidazole rings is 1. The lowest BCUT2D eigenvalue weighted by Crippen LogP contribution is -2.00. The number of aryl methyl sites for hydroxylation is 3. The third kappa shape index (κ3) is 1.64. The fourth-order valence-corrected chi connectivity index (χ4v) is 2.30. The number of fused-ring (bicyclic) bond motifs is 1. The molecule has 0 aliphatic heterocycles. The normalized spacial score (nSPS) is 14.8. The number of aromatic amines is 1. The average molecular weight is 212 g/mol. The largest absolute Gasteiger partial charge is 0.342 e. The van der Waals surface area contributed by atoms with Crippen LogP contribution < -0.4 is 0 Å². The van der Waals surface area contributed by atoms with Crippen LogP contribution in [0.3, 0.4) is 0 Å².